The Hall–Kier alpha value is -1.35. The topological polar surface area (TPSA) is 20.3 Å². The number of hydrogen-bond donors (Lipinski definition) is 0. The van der Waals surface area contributed by atoms with Crippen molar-refractivity contribution in [3.05, 3.63) is 46.3 Å². The first-order valence-electron chi connectivity index (χ1n) is 5.48. The van der Waals surface area contributed by atoms with E-state index in [4.69, 9.17) is 11.6 Å². The van der Waals surface area contributed by atoms with E-state index in [9.17, 15) is 9.18 Å². The highest BCUT2D eigenvalue weighted by Gasteiger charge is 2.20. The van der Waals surface area contributed by atoms with Gasteiger partial charge in [0.05, 0.1) is 10.6 Å². The van der Waals surface area contributed by atoms with Crippen molar-refractivity contribution in [2.75, 3.05) is 13.1 Å². The Balaban J connectivity index is 2.22. The lowest BCUT2D eigenvalue weighted by atomic mass is 10.1. The third kappa shape index (κ3) is 2.67. The zero-order valence-corrected chi connectivity index (χ0v) is 10.3. The number of halogens is 2. The molecule has 0 aliphatic carbocycles. The summed E-state index contributed by atoms with van der Waals surface area (Å²) in [5.74, 6) is -0.566. The molecular formula is C13H13ClFNO. The summed E-state index contributed by atoms with van der Waals surface area (Å²) in [4.78, 5) is 13.9. The molecule has 2 rings (SSSR count). The second kappa shape index (κ2) is 4.88. The lowest BCUT2D eigenvalue weighted by Gasteiger charge is -2.26. The minimum Gasteiger partial charge on any atom is -0.334 e. The quantitative estimate of drug-likeness (QED) is 0.704. The Bertz CT molecular complexity index is 484. The molecule has 1 aromatic carbocycles. The molecule has 4 heteroatoms. The average molecular weight is 254 g/mol. The molecule has 90 valence electrons. The van der Waals surface area contributed by atoms with E-state index in [-0.39, 0.29) is 10.9 Å². The van der Waals surface area contributed by atoms with E-state index in [1.54, 1.807) is 4.90 Å². The molecule has 1 amide bonds. The summed E-state index contributed by atoms with van der Waals surface area (Å²) in [6.07, 6.45) is 2.98. The first-order chi connectivity index (χ1) is 8.08. The van der Waals surface area contributed by atoms with Gasteiger partial charge in [-0.3, -0.25) is 4.79 Å². The molecule has 0 radical (unpaired) electrons. The first-order valence-corrected chi connectivity index (χ1v) is 5.85. The summed E-state index contributed by atoms with van der Waals surface area (Å²) in [6, 6.07) is 3.86. The van der Waals surface area contributed by atoms with Gasteiger partial charge >= 0.3 is 0 Å². The van der Waals surface area contributed by atoms with Crippen molar-refractivity contribution in [3.63, 3.8) is 0 Å². The summed E-state index contributed by atoms with van der Waals surface area (Å²) in [6.45, 7) is 3.29. The minimum absolute atomic E-state index is 0.137. The number of amides is 1. The van der Waals surface area contributed by atoms with Crippen molar-refractivity contribution in [3.8, 4) is 0 Å². The molecule has 1 aromatic rings. The fourth-order valence-electron chi connectivity index (χ4n) is 1.92. The Labute approximate surface area is 105 Å². The van der Waals surface area contributed by atoms with Gasteiger partial charge in [0.25, 0.3) is 5.91 Å². The predicted molar refractivity (Wildman–Crippen MR) is 65.7 cm³/mol. The van der Waals surface area contributed by atoms with E-state index >= 15 is 0 Å². The average Bonchev–Trinajstić information content (AvgIpc) is 2.28. The van der Waals surface area contributed by atoms with Crippen LogP contribution >= 0.6 is 11.6 Å². The van der Waals surface area contributed by atoms with Crippen LogP contribution < -0.4 is 0 Å². The van der Waals surface area contributed by atoms with Crippen LogP contribution in [0.25, 0.3) is 0 Å². The first kappa shape index (κ1) is 12.1. The maximum atomic E-state index is 12.9. The molecule has 0 fully saturated rings. The number of rotatable bonds is 1. The smallest absolute Gasteiger partial charge is 0.255 e. The van der Waals surface area contributed by atoms with E-state index in [1.807, 2.05) is 6.92 Å². The van der Waals surface area contributed by atoms with Gasteiger partial charge in [-0.05, 0) is 31.5 Å². The Morgan fingerprint density at radius 2 is 2.24 bits per heavy atom. The van der Waals surface area contributed by atoms with Crippen LogP contribution in [-0.2, 0) is 0 Å². The summed E-state index contributed by atoms with van der Waals surface area (Å²) >= 11 is 5.88. The van der Waals surface area contributed by atoms with E-state index in [1.165, 1.54) is 23.8 Å². The standard InChI is InChI=1S/C13H13ClFNO/c1-9-3-2-6-16(8-9)13(17)11-5-4-10(15)7-12(11)14/h3-5,7H,2,6,8H2,1H3. The molecule has 1 aliphatic heterocycles. The molecule has 1 heterocycles. The maximum Gasteiger partial charge on any atom is 0.255 e. The zero-order chi connectivity index (χ0) is 12.4. The highest BCUT2D eigenvalue weighted by Crippen LogP contribution is 2.21. The normalized spacial score (nSPS) is 15.7. The van der Waals surface area contributed by atoms with Crippen LogP contribution in [0.5, 0.6) is 0 Å². The molecule has 0 saturated carbocycles. The molecule has 0 aromatic heterocycles. The van der Waals surface area contributed by atoms with Gasteiger partial charge in [-0.1, -0.05) is 23.3 Å². The van der Waals surface area contributed by atoms with Crippen LogP contribution in [0.15, 0.2) is 29.8 Å². The van der Waals surface area contributed by atoms with E-state index in [2.05, 4.69) is 6.08 Å². The molecule has 17 heavy (non-hydrogen) atoms. The summed E-state index contributed by atoms with van der Waals surface area (Å²) in [5, 5.41) is 0.169. The SMILES string of the molecule is CC1=CCCN(C(=O)c2ccc(F)cc2Cl)C1. The van der Waals surface area contributed by atoms with Crippen molar-refractivity contribution >= 4 is 17.5 Å². The maximum absolute atomic E-state index is 12.9. The molecule has 2 nitrogen and oxygen atoms in total. The number of benzene rings is 1. The van der Waals surface area contributed by atoms with Crippen molar-refractivity contribution < 1.29 is 9.18 Å². The largest absolute Gasteiger partial charge is 0.334 e. The van der Waals surface area contributed by atoms with Gasteiger partial charge in [0.15, 0.2) is 0 Å². The highest BCUT2D eigenvalue weighted by molar-refractivity contribution is 6.33. The lowest BCUT2D eigenvalue weighted by molar-refractivity contribution is 0.0766. The fourth-order valence-corrected chi connectivity index (χ4v) is 2.17. The lowest BCUT2D eigenvalue weighted by Crippen LogP contribution is -2.35. The zero-order valence-electron chi connectivity index (χ0n) is 9.54. The Kier molecular flexibility index (Phi) is 3.48. The Morgan fingerprint density at radius 3 is 2.88 bits per heavy atom. The highest BCUT2D eigenvalue weighted by atomic mass is 35.5. The monoisotopic (exact) mass is 253 g/mol. The van der Waals surface area contributed by atoms with Crippen LogP contribution in [-0.4, -0.2) is 23.9 Å². The molecule has 0 atom stereocenters. The predicted octanol–water partition coefficient (Wildman–Crippen LogP) is 3.27. The van der Waals surface area contributed by atoms with Crippen LogP contribution in [0, 0.1) is 5.82 Å². The van der Waals surface area contributed by atoms with Gasteiger partial charge < -0.3 is 4.90 Å². The summed E-state index contributed by atoms with van der Waals surface area (Å²) in [5.41, 5.74) is 1.53. The molecular weight excluding hydrogens is 241 g/mol. The Morgan fingerprint density at radius 1 is 1.47 bits per heavy atom. The number of carbonyl (C=O) groups is 1. The van der Waals surface area contributed by atoms with Crippen LogP contribution in [0.2, 0.25) is 5.02 Å². The van der Waals surface area contributed by atoms with Gasteiger partial charge in [-0.15, -0.1) is 0 Å². The number of nitrogens with zero attached hydrogens (tertiary/aromatic N) is 1. The molecule has 0 bridgehead atoms. The van der Waals surface area contributed by atoms with Crippen LogP contribution in [0.4, 0.5) is 4.39 Å². The van der Waals surface area contributed by atoms with Gasteiger partial charge in [0.1, 0.15) is 5.82 Å². The van der Waals surface area contributed by atoms with Gasteiger partial charge in [0, 0.05) is 13.1 Å². The number of carbonyl (C=O) groups excluding carboxylic acids is 1. The molecule has 0 spiro atoms. The third-order valence-corrected chi connectivity index (χ3v) is 3.09. The fraction of sp³-hybridized carbons (Fsp3) is 0.308. The summed E-state index contributed by atoms with van der Waals surface area (Å²) < 4.78 is 12.9. The van der Waals surface area contributed by atoms with Crippen LogP contribution in [0.1, 0.15) is 23.7 Å². The molecule has 0 N–H and O–H groups in total. The van der Waals surface area contributed by atoms with Gasteiger partial charge in [0.2, 0.25) is 0 Å². The number of hydrogen-bond acceptors (Lipinski definition) is 1. The second-order valence-electron chi connectivity index (χ2n) is 4.19. The van der Waals surface area contributed by atoms with Crippen molar-refractivity contribution in [2.24, 2.45) is 0 Å². The van der Waals surface area contributed by atoms with Gasteiger partial charge in [-0.25, -0.2) is 4.39 Å². The van der Waals surface area contributed by atoms with Crippen molar-refractivity contribution in [1.82, 2.24) is 4.90 Å². The third-order valence-electron chi connectivity index (χ3n) is 2.78. The second-order valence-corrected chi connectivity index (χ2v) is 4.60. The molecule has 0 saturated heterocycles. The van der Waals surface area contributed by atoms with Crippen molar-refractivity contribution in [1.29, 1.82) is 0 Å². The minimum atomic E-state index is -0.429. The summed E-state index contributed by atoms with van der Waals surface area (Å²) in [7, 11) is 0. The van der Waals surface area contributed by atoms with E-state index < -0.39 is 5.82 Å². The van der Waals surface area contributed by atoms with Crippen LogP contribution in [0.3, 0.4) is 0 Å². The van der Waals surface area contributed by atoms with E-state index in [0.717, 1.165) is 6.42 Å². The molecule has 0 unspecified atom stereocenters. The van der Waals surface area contributed by atoms with E-state index in [0.29, 0.717) is 18.7 Å². The van der Waals surface area contributed by atoms with Gasteiger partial charge in [-0.2, -0.15) is 0 Å². The molecule has 1 aliphatic rings. The van der Waals surface area contributed by atoms with Crippen molar-refractivity contribution in [2.45, 2.75) is 13.3 Å².